The molecule has 0 bridgehead atoms. The maximum absolute atomic E-state index is 13.3. The summed E-state index contributed by atoms with van der Waals surface area (Å²) in [6.07, 6.45) is 0. The summed E-state index contributed by atoms with van der Waals surface area (Å²) >= 11 is 0.910. The SMILES string of the molecule is COc1ccc(NC(=O)CSC2=NS(=O)(=O)c3cc(F)ccc3N2)cc1OC. The summed E-state index contributed by atoms with van der Waals surface area (Å²) in [6.45, 7) is 0. The van der Waals surface area contributed by atoms with Gasteiger partial charge in [-0.3, -0.25) is 4.79 Å². The Labute approximate surface area is 165 Å². The van der Waals surface area contributed by atoms with Crippen molar-refractivity contribution in [2.24, 2.45) is 4.40 Å². The minimum atomic E-state index is -4.03. The van der Waals surface area contributed by atoms with Crippen LogP contribution in [0, 0.1) is 5.82 Å². The van der Waals surface area contributed by atoms with E-state index in [1.807, 2.05) is 0 Å². The van der Waals surface area contributed by atoms with Gasteiger partial charge in [0.15, 0.2) is 16.7 Å². The number of halogens is 1. The minimum absolute atomic E-state index is 0.0292. The molecule has 1 aliphatic heterocycles. The number of carbonyl (C=O) groups is 1. The van der Waals surface area contributed by atoms with Crippen LogP contribution in [0.1, 0.15) is 0 Å². The summed E-state index contributed by atoms with van der Waals surface area (Å²) in [5.41, 5.74) is 0.703. The Kier molecular flexibility index (Phi) is 5.75. The van der Waals surface area contributed by atoms with E-state index in [-0.39, 0.29) is 27.4 Å². The van der Waals surface area contributed by atoms with Gasteiger partial charge >= 0.3 is 0 Å². The lowest BCUT2D eigenvalue weighted by Gasteiger charge is -2.17. The van der Waals surface area contributed by atoms with Crippen molar-refractivity contribution in [2.45, 2.75) is 4.90 Å². The smallest absolute Gasteiger partial charge is 0.286 e. The number of fused-ring (bicyclic) bond motifs is 1. The van der Waals surface area contributed by atoms with Crippen LogP contribution >= 0.6 is 11.8 Å². The highest BCUT2D eigenvalue weighted by Gasteiger charge is 2.26. The monoisotopic (exact) mass is 425 g/mol. The highest BCUT2D eigenvalue weighted by Crippen LogP contribution is 2.31. The molecule has 1 heterocycles. The summed E-state index contributed by atoms with van der Waals surface area (Å²) in [5.74, 6) is -0.155. The number of anilines is 2. The summed E-state index contributed by atoms with van der Waals surface area (Å²) in [6, 6.07) is 8.24. The molecule has 0 saturated heterocycles. The Morgan fingerprint density at radius 3 is 2.64 bits per heavy atom. The van der Waals surface area contributed by atoms with Gasteiger partial charge in [-0.15, -0.1) is 4.40 Å². The van der Waals surface area contributed by atoms with Gasteiger partial charge < -0.3 is 20.1 Å². The van der Waals surface area contributed by atoms with E-state index in [1.54, 1.807) is 18.2 Å². The number of carbonyl (C=O) groups excluding carboxylic acids is 1. The summed E-state index contributed by atoms with van der Waals surface area (Å²) in [7, 11) is -1.05. The second kappa shape index (κ2) is 8.07. The Morgan fingerprint density at radius 2 is 1.93 bits per heavy atom. The number of methoxy groups -OCH3 is 2. The maximum atomic E-state index is 13.3. The van der Waals surface area contributed by atoms with Crippen molar-refractivity contribution < 1.29 is 27.1 Å². The Hall–Kier alpha value is -2.79. The molecule has 2 N–H and O–H groups in total. The Bertz CT molecular complexity index is 1060. The predicted molar refractivity (Wildman–Crippen MR) is 105 cm³/mol. The molecule has 148 valence electrons. The topological polar surface area (TPSA) is 106 Å². The number of sulfonamides is 1. The summed E-state index contributed by atoms with van der Waals surface area (Å²) in [4.78, 5) is 11.9. The van der Waals surface area contributed by atoms with Crippen LogP contribution in [-0.2, 0) is 14.8 Å². The van der Waals surface area contributed by atoms with E-state index in [1.165, 1.54) is 20.3 Å². The molecule has 28 heavy (non-hydrogen) atoms. The first-order valence-electron chi connectivity index (χ1n) is 7.88. The molecule has 0 aliphatic carbocycles. The molecule has 0 saturated carbocycles. The second-order valence-corrected chi connectivity index (χ2v) is 8.08. The molecule has 11 heteroatoms. The molecule has 3 rings (SSSR count). The molecule has 0 fully saturated rings. The number of rotatable bonds is 5. The van der Waals surface area contributed by atoms with E-state index >= 15 is 0 Å². The fourth-order valence-electron chi connectivity index (χ4n) is 2.42. The van der Waals surface area contributed by atoms with E-state index < -0.39 is 15.8 Å². The van der Waals surface area contributed by atoms with Crippen molar-refractivity contribution in [1.82, 2.24) is 0 Å². The Morgan fingerprint density at radius 1 is 1.18 bits per heavy atom. The van der Waals surface area contributed by atoms with Gasteiger partial charge in [0.25, 0.3) is 10.0 Å². The molecule has 0 spiro atoms. The Balaban J connectivity index is 1.66. The molecule has 0 radical (unpaired) electrons. The molecule has 0 atom stereocenters. The molecule has 1 amide bonds. The summed E-state index contributed by atoms with van der Waals surface area (Å²) < 4.78 is 51.5. The van der Waals surface area contributed by atoms with Crippen molar-refractivity contribution in [3.05, 3.63) is 42.2 Å². The standard InChI is InChI=1S/C17H16FN3O5S2/c1-25-13-6-4-11(8-14(13)26-2)19-16(22)9-27-17-20-12-5-3-10(18)7-15(12)28(23,24)21-17/h3-8H,9H2,1-2H3,(H,19,22)(H,20,21). The number of nitrogens with zero attached hydrogens (tertiary/aromatic N) is 1. The molecule has 2 aromatic rings. The van der Waals surface area contributed by atoms with Crippen LogP contribution in [0.25, 0.3) is 0 Å². The zero-order valence-electron chi connectivity index (χ0n) is 14.9. The normalized spacial score (nSPS) is 14.3. The van der Waals surface area contributed by atoms with Crippen LogP contribution in [0.4, 0.5) is 15.8 Å². The third-order valence-corrected chi connectivity index (χ3v) is 5.98. The van der Waals surface area contributed by atoms with E-state index in [0.717, 1.165) is 23.9 Å². The molecule has 0 aromatic heterocycles. The fourth-order valence-corrected chi connectivity index (χ4v) is 4.46. The predicted octanol–water partition coefficient (Wildman–Crippen LogP) is 2.69. The summed E-state index contributed by atoms with van der Waals surface area (Å²) in [5, 5.41) is 5.49. The number of hydrogen-bond donors (Lipinski definition) is 2. The number of thioether (sulfide) groups is 1. The van der Waals surface area contributed by atoms with Gasteiger partial charge in [0.1, 0.15) is 10.7 Å². The van der Waals surface area contributed by atoms with Crippen LogP contribution < -0.4 is 20.1 Å². The third kappa shape index (κ3) is 4.37. The average Bonchev–Trinajstić information content (AvgIpc) is 2.66. The second-order valence-electron chi connectivity index (χ2n) is 5.54. The zero-order chi connectivity index (χ0) is 20.3. The third-order valence-electron chi connectivity index (χ3n) is 3.67. The average molecular weight is 425 g/mol. The van der Waals surface area contributed by atoms with Gasteiger partial charge in [0.05, 0.1) is 25.7 Å². The van der Waals surface area contributed by atoms with Crippen molar-refractivity contribution >= 4 is 44.2 Å². The van der Waals surface area contributed by atoms with Crippen LogP contribution in [0.2, 0.25) is 0 Å². The lowest BCUT2D eigenvalue weighted by atomic mass is 10.2. The minimum Gasteiger partial charge on any atom is -0.493 e. The first-order valence-corrected chi connectivity index (χ1v) is 10.3. The largest absolute Gasteiger partial charge is 0.493 e. The number of ether oxygens (including phenoxy) is 2. The molecule has 0 unspecified atom stereocenters. The molecule has 1 aliphatic rings. The van der Waals surface area contributed by atoms with Crippen LogP contribution in [0.3, 0.4) is 0 Å². The van der Waals surface area contributed by atoms with E-state index in [4.69, 9.17) is 9.47 Å². The zero-order valence-corrected chi connectivity index (χ0v) is 16.5. The quantitative estimate of drug-likeness (QED) is 0.759. The van der Waals surface area contributed by atoms with Crippen LogP contribution in [0.5, 0.6) is 11.5 Å². The highest BCUT2D eigenvalue weighted by molar-refractivity contribution is 8.15. The molecular formula is C17H16FN3O5S2. The van der Waals surface area contributed by atoms with Gasteiger partial charge in [-0.2, -0.15) is 8.42 Å². The van der Waals surface area contributed by atoms with Gasteiger partial charge in [-0.25, -0.2) is 4.39 Å². The van der Waals surface area contributed by atoms with Gasteiger partial charge in [-0.05, 0) is 30.3 Å². The number of amides is 1. The van der Waals surface area contributed by atoms with E-state index in [9.17, 15) is 17.6 Å². The van der Waals surface area contributed by atoms with Crippen molar-refractivity contribution in [3.8, 4) is 11.5 Å². The molecule has 2 aromatic carbocycles. The molecular weight excluding hydrogens is 409 g/mol. The van der Waals surface area contributed by atoms with Crippen molar-refractivity contribution in [1.29, 1.82) is 0 Å². The highest BCUT2D eigenvalue weighted by atomic mass is 32.2. The maximum Gasteiger partial charge on any atom is 0.286 e. The fraction of sp³-hybridized carbons (Fsp3) is 0.176. The number of amidine groups is 1. The van der Waals surface area contributed by atoms with Crippen LogP contribution in [0.15, 0.2) is 45.7 Å². The lowest BCUT2D eigenvalue weighted by molar-refractivity contribution is -0.113. The van der Waals surface area contributed by atoms with Crippen LogP contribution in [-0.4, -0.2) is 39.5 Å². The first kappa shape index (κ1) is 20.0. The van der Waals surface area contributed by atoms with Gasteiger partial charge in [0.2, 0.25) is 5.91 Å². The first-order chi connectivity index (χ1) is 13.3. The number of benzene rings is 2. The molecule has 8 nitrogen and oxygen atoms in total. The van der Waals surface area contributed by atoms with Gasteiger partial charge in [0, 0.05) is 11.8 Å². The van der Waals surface area contributed by atoms with E-state index in [2.05, 4.69) is 15.0 Å². The number of nitrogens with one attached hydrogen (secondary N) is 2. The van der Waals surface area contributed by atoms with E-state index in [0.29, 0.717) is 17.2 Å². The van der Waals surface area contributed by atoms with Gasteiger partial charge in [-0.1, -0.05) is 11.8 Å². The van der Waals surface area contributed by atoms with Crippen molar-refractivity contribution in [2.75, 3.05) is 30.6 Å². The lowest BCUT2D eigenvalue weighted by Crippen LogP contribution is -2.22. The van der Waals surface area contributed by atoms with Crippen molar-refractivity contribution in [3.63, 3.8) is 0 Å². The number of hydrogen-bond acceptors (Lipinski definition) is 7.